The fourth-order valence-electron chi connectivity index (χ4n) is 3.72. The third-order valence-corrected chi connectivity index (χ3v) is 5.19. The van der Waals surface area contributed by atoms with Crippen LogP contribution in [0.25, 0.3) is 0 Å². The van der Waals surface area contributed by atoms with Crippen LogP contribution in [0, 0.1) is 5.92 Å². The molecule has 2 aliphatic rings. The molecule has 20 heavy (non-hydrogen) atoms. The van der Waals surface area contributed by atoms with E-state index in [9.17, 15) is 0 Å². The highest BCUT2D eigenvalue weighted by Crippen LogP contribution is 2.42. The van der Waals surface area contributed by atoms with Crippen molar-refractivity contribution in [3.8, 4) is 0 Å². The lowest BCUT2D eigenvalue weighted by atomic mass is 10.1. The maximum atomic E-state index is 6.56. The van der Waals surface area contributed by atoms with Crippen molar-refractivity contribution in [1.82, 2.24) is 5.32 Å². The third-order valence-electron chi connectivity index (χ3n) is 4.89. The van der Waals surface area contributed by atoms with Crippen molar-refractivity contribution in [3.05, 3.63) is 28.8 Å². The number of rotatable bonds is 5. The quantitative estimate of drug-likeness (QED) is 0.866. The summed E-state index contributed by atoms with van der Waals surface area (Å²) >= 11 is 6.56. The van der Waals surface area contributed by atoms with Crippen LogP contribution in [-0.4, -0.2) is 19.1 Å². The maximum absolute atomic E-state index is 6.56. The van der Waals surface area contributed by atoms with Crippen LogP contribution in [0.1, 0.15) is 51.1 Å². The minimum absolute atomic E-state index is 0.372. The first-order chi connectivity index (χ1) is 9.69. The summed E-state index contributed by atoms with van der Waals surface area (Å²) in [4.78, 5) is 2.53. The molecular weight excluding hydrogens is 268 g/mol. The summed E-state index contributed by atoms with van der Waals surface area (Å²) in [6.07, 6.45) is 5.28. The summed E-state index contributed by atoms with van der Waals surface area (Å²) in [7, 11) is 0. The summed E-state index contributed by atoms with van der Waals surface area (Å²) in [6, 6.07) is 7.72. The van der Waals surface area contributed by atoms with Crippen molar-refractivity contribution in [1.29, 1.82) is 0 Å². The molecule has 2 nitrogen and oxygen atoms in total. The topological polar surface area (TPSA) is 15.3 Å². The zero-order chi connectivity index (χ0) is 14.1. The van der Waals surface area contributed by atoms with Gasteiger partial charge in [0.15, 0.2) is 0 Å². The smallest absolute Gasteiger partial charge is 0.0642 e. The molecule has 3 rings (SSSR count). The van der Waals surface area contributed by atoms with E-state index in [2.05, 4.69) is 42.3 Å². The Morgan fingerprint density at radius 3 is 2.85 bits per heavy atom. The van der Waals surface area contributed by atoms with Crippen LogP contribution in [0.2, 0.25) is 5.02 Å². The van der Waals surface area contributed by atoms with Crippen LogP contribution in [0.5, 0.6) is 0 Å². The van der Waals surface area contributed by atoms with Gasteiger partial charge in [-0.25, -0.2) is 0 Å². The molecule has 1 N–H and O–H groups in total. The Bertz CT molecular complexity index is 474. The van der Waals surface area contributed by atoms with Crippen molar-refractivity contribution < 1.29 is 0 Å². The van der Waals surface area contributed by atoms with Crippen LogP contribution in [0.3, 0.4) is 0 Å². The van der Waals surface area contributed by atoms with Crippen molar-refractivity contribution >= 4 is 17.3 Å². The van der Waals surface area contributed by atoms with Gasteiger partial charge in [-0.15, -0.1) is 0 Å². The molecule has 1 aromatic rings. The molecule has 1 aliphatic heterocycles. The van der Waals surface area contributed by atoms with Crippen molar-refractivity contribution in [3.63, 3.8) is 0 Å². The summed E-state index contributed by atoms with van der Waals surface area (Å²) < 4.78 is 0. The number of nitrogens with zero attached hydrogens (tertiary/aromatic N) is 1. The lowest BCUT2D eigenvalue weighted by molar-refractivity contribution is 0.553. The Labute approximate surface area is 127 Å². The lowest BCUT2D eigenvalue weighted by Crippen LogP contribution is -2.32. The molecule has 3 unspecified atom stereocenters. The Balaban J connectivity index is 1.74. The van der Waals surface area contributed by atoms with E-state index in [-0.39, 0.29) is 0 Å². The highest BCUT2D eigenvalue weighted by molar-refractivity contribution is 6.33. The van der Waals surface area contributed by atoms with Crippen LogP contribution < -0.4 is 10.2 Å². The predicted octanol–water partition coefficient (Wildman–Crippen LogP) is 4.39. The van der Waals surface area contributed by atoms with E-state index in [1.807, 2.05) is 0 Å². The molecule has 2 fully saturated rings. The minimum Gasteiger partial charge on any atom is -0.367 e. The fraction of sp³-hybridized carbons (Fsp3) is 0.647. The monoisotopic (exact) mass is 292 g/mol. The fourth-order valence-corrected chi connectivity index (χ4v) is 4.02. The molecule has 2 bridgehead atoms. The summed E-state index contributed by atoms with van der Waals surface area (Å²) in [5.41, 5.74) is 2.53. The van der Waals surface area contributed by atoms with Crippen LogP contribution in [0.4, 0.5) is 5.69 Å². The second-order valence-electron chi connectivity index (χ2n) is 6.37. The Kier molecular flexibility index (Phi) is 4.23. The number of fused-ring (bicyclic) bond motifs is 2. The molecule has 1 saturated heterocycles. The number of hydrogen-bond acceptors (Lipinski definition) is 2. The van der Waals surface area contributed by atoms with Crippen molar-refractivity contribution in [2.45, 2.75) is 51.6 Å². The van der Waals surface area contributed by atoms with Gasteiger partial charge in [0.25, 0.3) is 0 Å². The first kappa shape index (κ1) is 14.2. The molecule has 1 aliphatic carbocycles. The van der Waals surface area contributed by atoms with Crippen LogP contribution >= 0.6 is 11.6 Å². The standard InChI is InChI=1S/C17H25ClN2/c1-3-8-19-12(2)14-5-7-17(16(18)10-14)20-11-13-4-6-15(20)9-13/h5,7,10,12-13,15,19H,3-4,6,8-9,11H2,1-2H3. The molecule has 0 spiro atoms. The average molecular weight is 293 g/mol. The van der Waals surface area contributed by atoms with Gasteiger partial charge in [0, 0.05) is 18.6 Å². The van der Waals surface area contributed by atoms with Gasteiger partial charge in [-0.05, 0) is 62.8 Å². The van der Waals surface area contributed by atoms with Crippen molar-refractivity contribution in [2.24, 2.45) is 5.92 Å². The number of hydrogen-bond donors (Lipinski definition) is 1. The molecule has 3 heteroatoms. The number of anilines is 1. The molecule has 0 amide bonds. The zero-order valence-electron chi connectivity index (χ0n) is 12.5. The molecule has 1 heterocycles. The number of nitrogens with one attached hydrogen (secondary N) is 1. The van der Waals surface area contributed by atoms with E-state index >= 15 is 0 Å². The van der Waals surface area contributed by atoms with E-state index in [0.717, 1.165) is 29.9 Å². The Morgan fingerprint density at radius 2 is 2.25 bits per heavy atom. The second kappa shape index (κ2) is 5.95. The lowest BCUT2D eigenvalue weighted by Gasteiger charge is -2.30. The molecule has 3 atom stereocenters. The van der Waals surface area contributed by atoms with E-state index in [4.69, 9.17) is 11.6 Å². The number of benzene rings is 1. The first-order valence-electron chi connectivity index (χ1n) is 7.98. The third kappa shape index (κ3) is 2.68. The van der Waals surface area contributed by atoms with E-state index < -0.39 is 0 Å². The number of halogens is 1. The van der Waals surface area contributed by atoms with Gasteiger partial charge in [-0.1, -0.05) is 24.6 Å². The normalized spacial score (nSPS) is 26.2. The predicted molar refractivity (Wildman–Crippen MR) is 86.6 cm³/mol. The summed E-state index contributed by atoms with van der Waals surface area (Å²) in [6.45, 7) is 6.65. The largest absolute Gasteiger partial charge is 0.367 e. The minimum atomic E-state index is 0.372. The summed E-state index contributed by atoms with van der Waals surface area (Å²) in [5.74, 6) is 0.904. The Morgan fingerprint density at radius 1 is 1.40 bits per heavy atom. The van der Waals surface area contributed by atoms with Gasteiger partial charge in [-0.2, -0.15) is 0 Å². The molecule has 0 radical (unpaired) electrons. The maximum Gasteiger partial charge on any atom is 0.0642 e. The average Bonchev–Trinajstić information content (AvgIpc) is 3.07. The van der Waals surface area contributed by atoms with E-state index in [1.165, 1.54) is 37.1 Å². The van der Waals surface area contributed by atoms with Gasteiger partial charge in [0.2, 0.25) is 0 Å². The van der Waals surface area contributed by atoms with Gasteiger partial charge in [0.05, 0.1) is 10.7 Å². The summed E-state index contributed by atoms with van der Waals surface area (Å²) in [5, 5.41) is 4.44. The molecule has 110 valence electrons. The number of piperidine rings is 1. The molecular formula is C17H25ClN2. The van der Waals surface area contributed by atoms with Crippen LogP contribution in [0.15, 0.2) is 18.2 Å². The van der Waals surface area contributed by atoms with Gasteiger partial charge >= 0.3 is 0 Å². The first-order valence-corrected chi connectivity index (χ1v) is 8.36. The SMILES string of the molecule is CCCNC(C)c1ccc(N2CC3CCC2C3)c(Cl)c1. The van der Waals surface area contributed by atoms with Gasteiger partial charge in [0.1, 0.15) is 0 Å². The van der Waals surface area contributed by atoms with Crippen molar-refractivity contribution in [2.75, 3.05) is 18.0 Å². The Hall–Kier alpha value is -0.730. The van der Waals surface area contributed by atoms with E-state index in [1.54, 1.807) is 0 Å². The van der Waals surface area contributed by atoms with Gasteiger partial charge in [-0.3, -0.25) is 0 Å². The zero-order valence-corrected chi connectivity index (χ0v) is 13.3. The highest BCUT2D eigenvalue weighted by Gasteiger charge is 2.38. The molecule has 0 aromatic heterocycles. The highest BCUT2D eigenvalue weighted by atomic mass is 35.5. The molecule has 1 aromatic carbocycles. The second-order valence-corrected chi connectivity index (χ2v) is 6.78. The van der Waals surface area contributed by atoms with Crippen LogP contribution in [-0.2, 0) is 0 Å². The van der Waals surface area contributed by atoms with Gasteiger partial charge < -0.3 is 10.2 Å². The van der Waals surface area contributed by atoms with E-state index in [0.29, 0.717) is 6.04 Å². The molecule has 1 saturated carbocycles.